The van der Waals surface area contributed by atoms with Crippen LogP contribution in [0.5, 0.6) is 0 Å². The maximum Gasteiger partial charge on any atom is 0.256 e. The first-order valence-electron chi connectivity index (χ1n) is 6.97. The molecule has 1 fully saturated rings. The van der Waals surface area contributed by atoms with E-state index in [1.54, 1.807) is 12.1 Å². The zero-order valence-electron chi connectivity index (χ0n) is 11.5. The Labute approximate surface area is 118 Å². The second-order valence-electron chi connectivity index (χ2n) is 5.39. The van der Waals surface area contributed by atoms with E-state index in [0.29, 0.717) is 37.3 Å². The second-order valence-corrected chi connectivity index (χ2v) is 5.39. The summed E-state index contributed by atoms with van der Waals surface area (Å²) in [5, 5.41) is 10.2. The molecule has 0 aliphatic carbocycles. The molecule has 1 aromatic rings. The average molecular weight is 277 g/mol. The first-order chi connectivity index (χ1) is 9.61. The van der Waals surface area contributed by atoms with Crippen LogP contribution in [0, 0.1) is 0 Å². The van der Waals surface area contributed by atoms with E-state index in [9.17, 15) is 9.90 Å². The Hall–Kier alpha value is -1.43. The van der Waals surface area contributed by atoms with Gasteiger partial charge in [0.05, 0.1) is 13.2 Å². The molecule has 1 atom stereocenters. The van der Waals surface area contributed by atoms with Crippen LogP contribution < -0.4 is 0 Å². The Morgan fingerprint density at radius 2 is 2.05 bits per heavy atom. The van der Waals surface area contributed by atoms with Gasteiger partial charge in [-0.1, -0.05) is 18.2 Å². The van der Waals surface area contributed by atoms with Crippen molar-refractivity contribution in [3.05, 3.63) is 35.4 Å². The molecule has 0 bridgehead atoms. The van der Waals surface area contributed by atoms with Gasteiger partial charge in [-0.3, -0.25) is 4.79 Å². The first kappa shape index (κ1) is 13.5. The number of aliphatic hydroxyl groups is 1. The van der Waals surface area contributed by atoms with E-state index in [-0.39, 0.29) is 5.91 Å². The summed E-state index contributed by atoms with van der Waals surface area (Å²) in [6.45, 7) is 3.64. The fourth-order valence-corrected chi connectivity index (χ4v) is 2.72. The molecule has 2 aliphatic rings. The lowest BCUT2D eigenvalue weighted by molar-refractivity contribution is -0.260. The molecule has 0 saturated carbocycles. The number of hydrogen-bond acceptors (Lipinski definition) is 4. The minimum atomic E-state index is -0.870. The number of carbonyl (C=O) groups excluding carboxylic acids is 1. The number of hydrogen-bond donors (Lipinski definition) is 1. The number of rotatable bonds is 3. The summed E-state index contributed by atoms with van der Waals surface area (Å²) >= 11 is 0. The first-order valence-corrected chi connectivity index (χ1v) is 6.97. The zero-order chi connectivity index (χ0) is 14.2. The summed E-state index contributed by atoms with van der Waals surface area (Å²) in [4.78, 5) is 13.7. The van der Waals surface area contributed by atoms with Crippen molar-refractivity contribution >= 4 is 5.91 Å². The van der Waals surface area contributed by atoms with Crippen molar-refractivity contribution < 1.29 is 19.4 Å². The highest BCUT2D eigenvalue weighted by Crippen LogP contribution is 2.33. The third-order valence-electron chi connectivity index (χ3n) is 3.94. The number of carbonyl (C=O) groups is 1. The van der Waals surface area contributed by atoms with E-state index in [1.807, 2.05) is 19.1 Å². The van der Waals surface area contributed by atoms with Crippen LogP contribution in [0.25, 0.3) is 0 Å². The van der Waals surface area contributed by atoms with Gasteiger partial charge in [-0.25, -0.2) is 0 Å². The van der Waals surface area contributed by atoms with E-state index in [2.05, 4.69) is 0 Å². The zero-order valence-corrected chi connectivity index (χ0v) is 11.5. The molecule has 20 heavy (non-hydrogen) atoms. The molecule has 0 radical (unpaired) electrons. The van der Waals surface area contributed by atoms with Gasteiger partial charge in [-0.05, 0) is 19.4 Å². The van der Waals surface area contributed by atoms with Crippen LogP contribution >= 0.6 is 0 Å². The van der Waals surface area contributed by atoms with Crippen molar-refractivity contribution in [2.45, 2.75) is 31.8 Å². The van der Waals surface area contributed by atoms with Crippen molar-refractivity contribution in [1.82, 2.24) is 4.90 Å². The lowest BCUT2D eigenvalue weighted by Crippen LogP contribution is -2.41. The van der Waals surface area contributed by atoms with Gasteiger partial charge >= 0.3 is 0 Å². The Morgan fingerprint density at radius 1 is 1.35 bits per heavy atom. The lowest BCUT2D eigenvalue weighted by Gasteiger charge is -2.35. The summed E-state index contributed by atoms with van der Waals surface area (Å²) in [6.07, 6.45) is 0.571. The molecule has 1 saturated heterocycles. The normalized spacial score (nSPS) is 24.8. The monoisotopic (exact) mass is 277 g/mol. The third-order valence-corrected chi connectivity index (χ3v) is 3.94. The minimum absolute atomic E-state index is 0.132. The van der Waals surface area contributed by atoms with E-state index >= 15 is 0 Å². The van der Waals surface area contributed by atoms with Gasteiger partial charge in [0.1, 0.15) is 0 Å². The quantitative estimate of drug-likeness (QED) is 0.913. The predicted molar refractivity (Wildman–Crippen MR) is 72.0 cm³/mol. The lowest BCUT2D eigenvalue weighted by atomic mass is 10.1. The van der Waals surface area contributed by atoms with E-state index in [1.165, 1.54) is 4.90 Å². The second kappa shape index (κ2) is 5.16. The maximum absolute atomic E-state index is 12.3. The molecule has 0 spiro atoms. The molecule has 2 aliphatic heterocycles. The van der Waals surface area contributed by atoms with Gasteiger partial charge in [0.25, 0.3) is 5.91 Å². The Kier molecular flexibility index (Phi) is 3.50. The molecule has 1 amide bonds. The van der Waals surface area contributed by atoms with Gasteiger partial charge in [0, 0.05) is 24.1 Å². The number of fused-ring (bicyclic) bond motifs is 1. The molecular formula is C15H19NO4. The minimum Gasteiger partial charge on any atom is -0.369 e. The van der Waals surface area contributed by atoms with Gasteiger partial charge in [-0.2, -0.15) is 0 Å². The fraction of sp³-hybridized carbons (Fsp3) is 0.533. The van der Waals surface area contributed by atoms with Crippen molar-refractivity contribution in [2.24, 2.45) is 0 Å². The van der Waals surface area contributed by atoms with Gasteiger partial charge < -0.3 is 19.5 Å². The molecule has 0 aromatic heterocycles. The Balaban J connectivity index is 1.69. The van der Waals surface area contributed by atoms with Gasteiger partial charge in [-0.15, -0.1) is 0 Å². The van der Waals surface area contributed by atoms with Crippen molar-refractivity contribution in [3.63, 3.8) is 0 Å². The maximum atomic E-state index is 12.3. The molecule has 1 aromatic carbocycles. The summed E-state index contributed by atoms with van der Waals surface area (Å²) in [6, 6.07) is 7.17. The van der Waals surface area contributed by atoms with E-state index < -0.39 is 12.0 Å². The van der Waals surface area contributed by atoms with Crippen LogP contribution in [0.1, 0.15) is 41.9 Å². The molecule has 5 heteroatoms. The van der Waals surface area contributed by atoms with Crippen LogP contribution in [-0.4, -0.2) is 41.5 Å². The topological polar surface area (TPSA) is 59.0 Å². The van der Waals surface area contributed by atoms with E-state index in [0.717, 1.165) is 6.42 Å². The Morgan fingerprint density at radius 3 is 2.75 bits per heavy atom. The molecule has 2 heterocycles. The van der Waals surface area contributed by atoms with E-state index in [4.69, 9.17) is 9.47 Å². The van der Waals surface area contributed by atoms with Crippen LogP contribution in [0.3, 0.4) is 0 Å². The number of aliphatic hydroxyl groups excluding tert-OH is 1. The summed E-state index contributed by atoms with van der Waals surface area (Å²) in [5.74, 6) is -0.792. The molecule has 108 valence electrons. The highest BCUT2D eigenvalue weighted by atomic mass is 16.7. The van der Waals surface area contributed by atoms with Crippen LogP contribution in [0.4, 0.5) is 0 Å². The fourth-order valence-electron chi connectivity index (χ4n) is 2.72. The largest absolute Gasteiger partial charge is 0.369 e. The predicted octanol–water partition coefficient (Wildman–Crippen LogP) is 1.68. The summed E-state index contributed by atoms with van der Waals surface area (Å²) in [5.41, 5.74) is 1.25. The van der Waals surface area contributed by atoms with Crippen molar-refractivity contribution in [1.29, 1.82) is 0 Å². The summed E-state index contributed by atoms with van der Waals surface area (Å²) < 4.78 is 11.3. The number of ether oxygens (including phenoxy) is 2. The number of amides is 1. The van der Waals surface area contributed by atoms with Crippen molar-refractivity contribution in [2.75, 3.05) is 19.8 Å². The molecular weight excluding hydrogens is 258 g/mol. The third kappa shape index (κ3) is 2.32. The SMILES string of the molecule is CC1(CCN2C(=O)c3ccccc3C2O)OCCCO1. The van der Waals surface area contributed by atoms with Gasteiger partial charge in [0.2, 0.25) is 0 Å². The number of benzene rings is 1. The van der Waals surface area contributed by atoms with Crippen molar-refractivity contribution in [3.8, 4) is 0 Å². The highest BCUT2D eigenvalue weighted by molar-refractivity contribution is 5.98. The molecule has 5 nitrogen and oxygen atoms in total. The van der Waals surface area contributed by atoms with Crippen LogP contribution in [-0.2, 0) is 9.47 Å². The Bertz CT molecular complexity index is 510. The highest BCUT2D eigenvalue weighted by Gasteiger charge is 2.37. The molecule has 3 rings (SSSR count). The van der Waals surface area contributed by atoms with Crippen LogP contribution in [0.2, 0.25) is 0 Å². The number of nitrogens with zero attached hydrogens (tertiary/aromatic N) is 1. The molecule has 1 N–H and O–H groups in total. The standard InChI is InChI=1S/C15H19NO4/c1-15(19-9-4-10-20-15)7-8-16-13(17)11-5-2-3-6-12(11)14(16)18/h2-3,5-6,13,17H,4,7-10H2,1H3. The summed E-state index contributed by atoms with van der Waals surface area (Å²) in [7, 11) is 0. The van der Waals surface area contributed by atoms with Gasteiger partial charge in [0.15, 0.2) is 12.0 Å². The molecule has 1 unspecified atom stereocenters. The average Bonchev–Trinajstić information content (AvgIpc) is 2.70. The smallest absolute Gasteiger partial charge is 0.256 e. The van der Waals surface area contributed by atoms with Crippen LogP contribution in [0.15, 0.2) is 24.3 Å².